The Morgan fingerprint density at radius 1 is 0.690 bits per heavy atom. The van der Waals surface area contributed by atoms with E-state index < -0.39 is 0 Å². The van der Waals surface area contributed by atoms with Crippen LogP contribution < -0.4 is 4.90 Å². The topological polar surface area (TPSA) is 6.48 Å². The molecule has 0 N–H and O–H groups in total. The number of benzene rings is 1. The molecule has 2 heteroatoms. The van der Waals surface area contributed by atoms with Gasteiger partial charge in [-0.25, -0.2) is 0 Å². The molecule has 1 atom stereocenters. The standard InChI is InChI=1S/C27H46N2/c1-4-5-6-7-8-9-10-11-12-13-14-15-19-22-27-28(25(2)3)23-24-29(27)26-20-17-16-18-21-26/h16-18,20-21,23-25,27H,4-15,19,22H2,1-3H3. The van der Waals surface area contributed by atoms with Crippen LogP contribution in [0, 0.1) is 0 Å². The molecule has 1 aliphatic heterocycles. The Morgan fingerprint density at radius 3 is 1.72 bits per heavy atom. The van der Waals surface area contributed by atoms with Crippen molar-refractivity contribution >= 4 is 5.69 Å². The zero-order valence-electron chi connectivity index (χ0n) is 19.5. The molecule has 0 spiro atoms. The lowest BCUT2D eigenvalue weighted by Crippen LogP contribution is -2.42. The molecular weight excluding hydrogens is 352 g/mol. The SMILES string of the molecule is CCCCCCCCCCCCCCCC1N(c2ccccc2)C=CN1C(C)C. The van der Waals surface area contributed by atoms with Gasteiger partial charge in [-0.2, -0.15) is 0 Å². The number of nitrogens with zero attached hydrogens (tertiary/aromatic N) is 2. The normalized spacial score (nSPS) is 16.3. The van der Waals surface area contributed by atoms with Crippen molar-refractivity contribution in [2.45, 2.75) is 123 Å². The fraction of sp³-hybridized carbons (Fsp3) is 0.704. The lowest BCUT2D eigenvalue weighted by atomic mass is 10.0. The second kappa shape index (κ2) is 14.5. The van der Waals surface area contributed by atoms with Crippen molar-refractivity contribution in [1.82, 2.24) is 4.90 Å². The highest BCUT2D eigenvalue weighted by molar-refractivity contribution is 5.51. The summed E-state index contributed by atoms with van der Waals surface area (Å²) in [7, 11) is 0. The first kappa shape index (κ1) is 23.8. The molecule has 2 nitrogen and oxygen atoms in total. The molecular formula is C27H46N2. The summed E-state index contributed by atoms with van der Waals surface area (Å²) in [6, 6.07) is 11.4. The number of rotatable bonds is 16. The fourth-order valence-corrected chi connectivity index (χ4v) is 4.50. The van der Waals surface area contributed by atoms with E-state index in [0.717, 1.165) is 0 Å². The van der Waals surface area contributed by atoms with Gasteiger partial charge < -0.3 is 9.80 Å². The minimum atomic E-state index is 0.477. The van der Waals surface area contributed by atoms with Crippen LogP contribution in [0.1, 0.15) is 111 Å². The number of anilines is 1. The number of para-hydroxylation sites is 1. The maximum atomic E-state index is 2.52. The van der Waals surface area contributed by atoms with Gasteiger partial charge in [-0.3, -0.25) is 0 Å². The van der Waals surface area contributed by atoms with E-state index in [2.05, 4.69) is 73.3 Å². The van der Waals surface area contributed by atoms with Crippen LogP contribution in [0.4, 0.5) is 5.69 Å². The quantitative estimate of drug-likeness (QED) is 0.257. The Morgan fingerprint density at radius 2 is 1.21 bits per heavy atom. The monoisotopic (exact) mass is 398 g/mol. The Hall–Kier alpha value is -1.44. The lowest BCUT2D eigenvalue weighted by molar-refractivity contribution is 0.233. The van der Waals surface area contributed by atoms with E-state index in [9.17, 15) is 0 Å². The van der Waals surface area contributed by atoms with Gasteiger partial charge >= 0.3 is 0 Å². The first-order valence-corrected chi connectivity index (χ1v) is 12.5. The summed E-state index contributed by atoms with van der Waals surface area (Å²) in [6.45, 7) is 6.90. The molecule has 1 aromatic carbocycles. The molecule has 0 amide bonds. The van der Waals surface area contributed by atoms with Crippen LogP contribution >= 0.6 is 0 Å². The predicted octanol–water partition coefficient (Wildman–Crippen LogP) is 8.50. The molecule has 1 heterocycles. The second-order valence-electron chi connectivity index (χ2n) is 9.09. The molecule has 2 rings (SSSR count). The largest absolute Gasteiger partial charge is 0.353 e. The highest BCUT2D eigenvalue weighted by Gasteiger charge is 2.28. The van der Waals surface area contributed by atoms with E-state index in [1.54, 1.807) is 0 Å². The van der Waals surface area contributed by atoms with Gasteiger partial charge in [0.15, 0.2) is 0 Å². The molecule has 1 aliphatic rings. The molecule has 0 bridgehead atoms. The molecule has 0 fully saturated rings. The zero-order chi connectivity index (χ0) is 20.7. The number of hydrogen-bond donors (Lipinski definition) is 0. The molecule has 0 aliphatic carbocycles. The molecule has 29 heavy (non-hydrogen) atoms. The summed E-state index contributed by atoms with van der Waals surface area (Å²) in [6.07, 6.45) is 24.8. The van der Waals surface area contributed by atoms with E-state index >= 15 is 0 Å². The number of unbranched alkanes of at least 4 members (excludes halogenated alkanes) is 12. The summed E-state index contributed by atoms with van der Waals surface area (Å²) in [5.74, 6) is 0. The van der Waals surface area contributed by atoms with Gasteiger partial charge in [0.2, 0.25) is 0 Å². The van der Waals surface area contributed by atoms with Crippen LogP contribution in [0.2, 0.25) is 0 Å². The van der Waals surface area contributed by atoms with E-state index in [-0.39, 0.29) is 0 Å². The van der Waals surface area contributed by atoms with Gasteiger partial charge in [0.05, 0.1) is 0 Å². The third-order valence-electron chi connectivity index (χ3n) is 6.28. The van der Waals surface area contributed by atoms with E-state index in [1.807, 2.05) is 0 Å². The highest BCUT2D eigenvalue weighted by atomic mass is 15.4. The van der Waals surface area contributed by atoms with Gasteiger partial charge in [-0.05, 0) is 38.8 Å². The second-order valence-corrected chi connectivity index (χ2v) is 9.09. The summed E-state index contributed by atoms with van der Waals surface area (Å²) >= 11 is 0. The fourth-order valence-electron chi connectivity index (χ4n) is 4.50. The lowest BCUT2D eigenvalue weighted by Gasteiger charge is -2.35. The van der Waals surface area contributed by atoms with Crippen molar-refractivity contribution in [3.63, 3.8) is 0 Å². The first-order valence-electron chi connectivity index (χ1n) is 12.5. The average Bonchev–Trinajstić information content (AvgIpc) is 3.16. The third-order valence-corrected chi connectivity index (χ3v) is 6.28. The van der Waals surface area contributed by atoms with Crippen LogP contribution in [0.5, 0.6) is 0 Å². The third kappa shape index (κ3) is 8.84. The first-order chi connectivity index (χ1) is 14.2. The highest BCUT2D eigenvalue weighted by Crippen LogP contribution is 2.29. The summed E-state index contributed by atoms with van der Waals surface area (Å²) in [4.78, 5) is 4.98. The molecule has 0 saturated heterocycles. The average molecular weight is 399 g/mol. The van der Waals surface area contributed by atoms with Gasteiger partial charge in [0, 0.05) is 24.1 Å². The van der Waals surface area contributed by atoms with Crippen LogP contribution in [0.25, 0.3) is 0 Å². The molecule has 0 radical (unpaired) electrons. The molecule has 0 saturated carbocycles. The van der Waals surface area contributed by atoms with Crippen LogP contribution in [0.15, 0.2) is 42.7 Å². The molecule has 164 valence electrons. The van der Waals surface area contributed by atoms with Crippen LogP contribution in [-0.4, -0.2) is 17.1 Å². The molecule has 1 aromatic rings. The van der Waals surface area contributed by atoms with Crippen molar-refractivity contribution in [3.8, 4) is 0 Å². The van der Waals surface area contributed by atoms with Gasteiger partial charge in [0.1, 0.15) is 6.17 Å². The van der Waals surface area contributed by atoms with Crippen LogP contribution in [0.3, 0.4) is 0 Å². The predicted molar refractivity (Wildman–Crippen MR) is 129 cm³/mol. The maximum Gasteiger partial charge on any atom is 0.106 e. The van der Waals surface area contributed by atoms with Crippen molar-refractivity contribution < 1.29 is 0 Å². The van der Waals surface area contributed by atoms with Crippen molar-refractivity contribution in [1.29, 1.82) is 0 Å². The van der Waals surface area contributed by atoms with Crippen molar-refractivity contribution in [3.05, 3.63) is 42.7 Å². The molecule has 1 unspecified atom stereocenters. The summed E-state index contributed by atoms with van der Waals surface area (Å²) in [5.41, 5.74) is 1.31. The maximum absolute atomic E-state index is 2.52. The van der Waals surface area contributed by atoms with Crippen molar-refractivity contribution in [2.24, 2.45) is 0 Å². The minimum Gasteiger partial charge on any atom is -0.353 e. The van der Waals surface area contributed by atoms with Gasteiger partial charge in [-0.15, -0.1) is 0 Å². The Labute approximate surface area is 181 Å². The summed E-state index contributed by atoms with van der Waals surface area (Å²) in [5, 5.41) is 0. The number of hydrogen-bond acceptors (Lipinski definition) is 2. The van der Waals surface area contributed by atoms with Crippen LogP contribution in [-0.2, 0) is 0 Å². The van der Waals surface area contributed by atoms with E-state index in [4.69, 9.17) is 0 Å². The van der Waals surface area contributed by atoms with E-state index in [0.29, 0.717) is 12.2 Å². The zero-order valence-corrected chi connectivity index (χ0v) is 19.5. The summed E-state index contributed by atoms with van der Waals surface area (Å²) < 4.78 is 0. The Balaban J connectivity index is 1.56. The van der Waals surface area contributed by atoms with Crippen molar-refractivity contribution in [2.75, 3.05) is 4.90 Å². The minimum absolute atomic E-state index is 0.477. The van der Waals surface area contributed by atoms with Gasteiger partial charge in [-0.1, -0.05) is 102 Å². The Bertz CT molecular complexity index is 537. The van der Waals surface area contributed by atoms with Gasteiger partial charge in [0.25, 0.3) is 0 Å². The Kier molecular flexibility index (Phi) is 11.9. The van der Waals surface area contributed by atoms with E-state index in [1.165, 1.54) is 95.6 Å². The molecule has 0 aromatic heterocycles. The smallest absolute Gasteiger partial charge is 0.106 e.